The number of nitrogens with zero attached hydrogens (tertiary/aromatic N) is 8. The van der Waals surface area contributed by atoms with Crippen LogP contribution in [0.1, 0.15) is 188 Å². The minimum atomic E-state index is -1.18. The average molecular weight is 1900 g/mol. The highest BCUT2D eigenvalue weighted by molar-refractivity contribution is 6.12. The first-order chi connectivity index (χ1) is 68.8. The summed E-state index contributed by atoms with van der Waals surface area (Å²) < 4.78 is 4.49. The number of allylic oxidation sites excluding steroid dienone is 2. The highest BCUT2D eigenvalue weighted by Crippen LogP contribution is 2.74. The number of anilines is 10. The van der Waals surface area contributed by atoms with E-state index in [0.717, 1.165) is 309 Å². The Morgan fingerprint density at radius 1 is 0.324 bits per heavy atom. The predicted octanol–water partition coefficient (Wildman–Crippen LogP) is 21.2. The van der Waals surface area contributed by atoms with Gasteiger partial charge in [-0.1, -0.05) is 124 Å². The van der Waals surface area contributed by atoms with Crippen molar-refractivity contribution in [2.75, 3.05) is 94.9 Å². The van der Waals surface area contributed by atoms with Crippen LogP contribution in [0.25, 0.3) is 55.5 Å². The molecule has 0 spiro atoms. The first kappa shape index (κ1) is 96.5. The molecule has 16 N–H and O–H groups in total. The maximum atomic E-state index is 15.9. The van der Waals surface area contributed by atoms with E-state index in [4.69, 9.17) is 42.9 Å². The topological polar surface area (TPSA) is 333 Å². The largest absolute Gasteiger partial charge is 0.399 e. The maximum Gasteiger partial charge on any atom is 0.239 e. The molecule has 4 bridgehead atoms. The molecule has 10 aromatic carbocycles. The minimum Gasteiger partial charge on any atom is -0.399 e. The van der Waals surface area contributed by atoms with Crippen LogP contribution in [0.2, 0.25) is 0 Å². The van der Waals surface area contributed by atoms with Gasteiger partial charge in [0, 0.05) is 158 Å². The lowest BCUT2D eigenvalue weighted by molar-refractivity contribution is -0.538. The molecule has 2 unspecified atom stereocenters. The molecule has 24 nitrogen and oxygen atoms in total. The van der Waals surface area contributed by atoms with Crippen molar-refractivity contribution in [3.05, 3.63) is 274 Å². The van der Waals surface area contributed by atoms with Crippen LogP contribution in [0.4, 0.5) is 68.2 Å². The number of unbranched alkanes of at least 4 members (excludes halogenated alkanes) is 12. The zero-order valence-electron chi connectivity index (χ0n) is 83.7. The van der Waals surface area contributed by atoms with Gasteiger partial charge >= 0.3 is 0 Å². The number of hydrogen-bond donors (Lipinski definition) is 12. The molecule has 2 aliphatic heterocycles. The summed E-state index contributed by atoms with van der Waals surface area (Å²) in [4.78, 5) is 89.1. The SMILES string of the molecule is CC1=CC2=Nc3cc(C)c(NCCCCCCNC(=O)C45CC6(C(=O)NCCCCCCNc7cc8c(cc7C)N=C7C=C(C)C(N)=CC7N8c7ccccc7)CC(C(=O)NCCCCCCNc7cc8c(cc7C)nc7cc(C)c(N)cc7[n+]8-c7ccccc7)(C4)CC(C(=O)NCCCCCCNc4cc7c(cc4C)nc4cc(C)c(N)cc4[n+]7-c4ccccc4)(C5)C6)cc3N(c3ccccc3)C2C=C1N. The molecular formula is C118H138N20O4+2. The first-order valence-corrected chi connectivity index (χ1v) is 51.6. The highest BCUT2D eigenvalue weighted by Gasteiger charge is 2.75. The fourth-order valence-electron chi connectivity index (χ4n) is 23.7. The summed E-state index contributed by atoms with van der Waals surface area (Å²) in [6.07, 6.45) is 23.7. The van der Waals surface area contributed by atoms with Crippen molar-refractivity contribution in [2.45, 2.75) is 209 Å². The van der Waals surface area contributed by atoms with Crippen LogP contribution in [0.15, 0.2) is 251 Å². The van der Waals surface area contributed by atoms with E-state index in [2.05, 4.69) is 271 Å². The lowest BCUT2D eigenvalue weighted by atomic mass is 9.34. The fraction of sp³-hybridized carbons (Fsp3) is 0.373. The Kier molecular flexibility index (Phi) is 28.1. The lowest BCUT2D eigenvalue weighted by Gasteiger charge is -2.67. The Bertz CT molecular complexity index is 6620. The number of para-hydroxylation sites is 4. The standard InChI is InChI=1S/C118H136N20O4/c1-75-53-95-103(61-87(75)119)135(83-37-21-17-22-38-83)107-65-91(79(5)57-99(107)131-95)123-45-29-9-13-33-49-127-111(139)115-69-116(112(140)128-50-34-14-10-30-46-124-92-66-108-100(58-80(92)6)132-96-54-76(2)88(120)62-104(96)136(108)84-39-23-18-24-40-84)72-117(70-115,113(141)129-51-35-15-11-31-47-125-93-67-109-101(59-81(93)7)133-97-55-77(3)89(121)63-105(97)137(109)85-41-25-19-26-42-85)74-118(71-115,73-116)114(142)130-52-36-16-12-32-48-126-94-68-110-102(60-82(94)8)134-98-56-78(4)90(122)64-106(98)138(110)86-43-27-20-28-44-86/h17-28,37-44,53-68,103-104,123-124H,9-16,29-36,45-52,69-74,119-120H2,1-8H3,(H8,121,122,125,126,127,128,129,130,139,140,141,142)/p+2. The van der Waals surface area contributed by atoms with E-state index in [1.807, 2.05) is 64.1 Å². The second-order valence-corrected chi connectivity index (χ2v) is 41.4. The number of benzene rings is 10. The molecule has 20 rings (SSSR count). The van der Waals surface area contributed by atoms with Gasteiger partial charge < -0.3 is 75.3 Å². The van der Waals surface area contributed by atoms with Crippen LogP contribution in [0.3, 0.4) is 0 Å². The van der Waals surface area contributed by atoms with Gasteiger partial charge in [-0.3, -0.25) is 19.2 Å². The van der Waals surface area contributed by atoms with E-state index in [-0.39, 0.29) is 74.2 Å². The molecule has 4 saturated carbocycles. The Morgan fingerprint density at radius 2 is 0.592 bits per heavy atom. The third kappa shape index (κ3) is 19.8. The zero-order valence-corrected chi connectivity index (χ0v) is 83.7. The van der Waals surface area contributed by atoms with Crippen LogP contribution in [0, 0.1) is 63.2 Å². The van der Waals surface area contributed by atoms with Gasteiger partial charge in [-0.15, -0.1) is 9.13 Å². The van der Waals surface area contributed by atoms with Crippen LogP contribution in [-0.2, 0) is 19.2 Å². The highest BCUT2D eigenvalue weighted by atomic mass is 16.2. The van der Waals surface area contributed by atoms with Gasteiger partial charge in [0.1, 0.15) is 22.1 Å². The predicted molar refractivity (Wildman–Crippen MR) is 580 cm³/mol. The number of carbonyl (C=O) groups excluding carboxylic acids is 4. The van der Waals surface area contributed by atoms with E-state index in [9.17, 15) is 0 Å². The van der Waals surface area contributed by atoms with Gasteiger partial charge in [-0.25, -0.2) is 20.0 Å². The summed E-state index contributed by atoms with van der Waals surface area (Å²) in [6.45, 7) is 21.3. The monoisotopic (exact) mass is 1900 g/mol. The quantitative estimate of drug-likeness (QED) is 0.00735. The van der Waals surface area contributed by atoms with E-state index in [1.165, 1.54) is 0 Å². The smallest absolute Gasteiger partial charge is 0.239 e. The van der Waals surface area contributed by atoms with Gasteiger partial charge in [-0.05, 0) is 287 Å². The molecule has 8 aliphatic rings. The second kappa shape index (κ2) is 41.4. The number of amides is 4. The van der Waals surface area contributed by atoms with Crippen molar-refractivity contribution in [3.63, 3.8) is 0 Å². The molecule has 4 heterocycles. The van der Waals surface area contributed by atoms with Crippen molar-refractivity contribution in [2.24, 2.45) is 43.1 Å². The minimum absolute atomic E-state index is 0.146. The Hall–Kier alpha value is -14.4. The third-order valence-electron chi connectivity index (χ3n) is 30.9. The summed E-state index contributed by atoms with van der Waals surface area (Å²) in [5.74, 6) is -0.678. The van der Waals surface area contributed by atoms with Crippen molar-refractivity contribution in [1.82, 2.24) is 31.2 Å². The normalized spacial score (nSPS) is 19.6. The molecule has 4 amide bonds. The lowest BCUT2D eigenvalue weighted by Crippen LogP contribution is -2.72. The number of rotatable bonds is 40. The number of nitrogens with one attached hydrogen (secondary N) is 8. The van der Waals surface area contributed by atoms with Gasteiger partial charge in [0.05, 0.1) is 67.9 Å². The van der Waals surface area contributed by atoms with Crippen molar-refractivity contribution in [3.8, 4) is 11.4 Å². The Labute approximate surface area is 834 Å². The molecule has 24 heteroatoms. The molecule has 4 fully saturated rings. The summed E-state index contributed by atoms with van der Waals surface area (Å²) in [5.41, 5.74) is 54.4. The summed E-state index contributed by atoms with van der Waals surface area (Å²) in [6, 6.07) is 66.9. The van der Waals surface area contributed by atoms with E-state index in [1.54, 1.807) is 0 Å². The van der Waals surface area contributed by atoms with Crippen LogP contribution < -0.4 is 84.4 Å². The molecule has 142 heavy (non-hydrogen) atoms. The zero-order chi connectivity index (χ0) is 98.6. The summed E-state index contributed by atoms with van der Waals surface area (Å²) in [7, 11) is 0. The van der Waals surface area contributed by atoms with Crippen LogP contribution in [-0.4, -0.2) is 109 Å². The summed E-state index contributed by atoms with van der Waals surface area (Å²) in [5, 5.41) is 28.8. The second-order valence-electron chi connectivity index (χ2n) is 41.4. The fourth-order valence-corrected chi connectivity index (χ4v) is 23.7. The van der Waals surface area contributed by atoms with Crippen LogP contribution in [0.5, 0.6) is 0 Å². The van der Waals surface area contributed by atoms with Crippen molar-refractivity contribution in [1.29, 1.82) is 0 Å². The number of hydrogen-bond acceptors (Lipinski definition) is 18. The molecule has 0 radical (unpaired) electrons. The number of carbonyl (C=O) groups is 4. The van der Waals surface area contributed by atoms with E-state index in [0.29, 0.717) is 37.6 Å². The Balaban J connectivity index is 0.532. The molecule has 12 aromatic rings. The molecule has 732 valence electrons. The first-order valence-electron chi connectivity index (χ1n) is 51.6. The summed E-state index contributed by atoms with van der Waals surface area (Å²) >= 11 is 0. The number of nitrogens with two attached hydrogens (primary N) is 4. The van der Waals surface area contributed by atoms with Gasteiger partial charge in [0.2, 0.25) is 57.1 Å². The van der Waals surface area contributed by atoms with E-state index >= 15 is 19.2 Å². The molecule has 2 aromatic heterocycles. The average Bonchev–Trinajstić information content (AvgIpc) is 0.667. The number of aromatic nitrogens is 4. The molecule has 6 aliphatic carbocycles. The van der Waals surface area contributed by atoms with Gasteiger partial charge in [0.15, 0.2) is 0 Å². The van der Waals surface area contributed by atoms with Gasteiger partial charge in [-0.2, -0.15) is 0 Å². The van der Waals surface area contributed by atoms with Crippen LogP contribution >= 0.6 is 0 Å². The van der Waals surface area contributed by atoms with Gasteiger partial charge in [0.25, 0.3) is 0 Å². The third-order valence-corrected chi connectivity index (χ3v) is 30.9. The van der Waals surface area contributed by atoms with Crippen molar-refractivity contribution < 1.29 is 28.3 Å². The number of aryl methyl sites for hydroxylation is 6. The molecule has 0 saturated heterocycles. The Morgan fingerprint density at radius 3 is 0.901 bits per heavy atom. The number of nitrogen functional groups attached to an aromatic ring is 2. The molecule has 2 atom stereocenters. The number of fused-ring (bicyclic) bond motifs is 8. The van der Waals surface area contributed by atoms with E-state index < -0.39 is 21.7 Å². The maximum absolute atomic E-state index is 15.9. The number of aliphatic imine (C=N–C) groups is 2. The molecular weight excluding hydrogens is 1760 g/mol. The van der Waals surface area contributed by atoms with Crippen molar-refractivity contribution >= 4 is 147 Å².